The van der Waals surface area contributed by atoms with E-state index in [9.17, 15) is 16.8 Å². The smallest absolute Gasteiger partial charge is 0.243 e. The monoisotopic (exact) mass is 875 g/mol. The molecular weight excluding hydrogens is 837 g/mol. The zero-order chi connectivity index (χ0) is 35.8. The van der Waals surface area contributed by atoms with Crippen molar-refractivity contribution in [1.29, 1.82) is 0 Å². The number of hydrogen-bond acceptors (Lipinski definition) is 7. The van der Waals surface area contributed by atoms with Crippen molar-refractivity contribution in [2.45, 2.75) is 86.1 Å². The van der Waals surface area contributed by atoms with Gasteiger partial charge in [0.1, 0.15) is 10.3 Å². The van der Waals surface area contributed by atoms with Crippen molar-refractivity contribution in [2.75, 3.05) is 27.2 Å². The highest BCUT2D eigenvalue weighted by atomic mass is 79.9. The Balaban J connectivity index is 0.000000195. The Hall–Kier alpha value is -1.42. The van der Waals surface area contributed by atoms with Crippen LogP contribution in [0, 0.1) is 0 Å². The van der Waals surface area contributed by atoms with E-state index in [1.165, 1.54) is 0 Å². The highest BCUT2D eigenvalue weighted by molar-refractivity contribution is 9.11. The third kappa shape index (κ3) is 8.63. The van der Waals surface area contributed by atoms with E-state index in [-0.39, 0.29) is 20.9 Å². The first-order valence-electron chi connectivity index (χ1n) is 16.1. The molecule has 266 valence electrons. The van der Waals surface area contributed by atoms with Gasteiger partial charge in [-0.2, -0.15) is 4.31 Å². The zero-order valence-electron chi connectivity index (χ0n) is 27.9. The number of nitrogens with one attached hydrogen (secondary N) is 1. The van der Waals surface area contributed by atoms with Gasteiger partial charge in [-0.1, -0.05) is 61.0 Å². The van der Waals surface area contributed by atoms with Crippen molar-refractivity contribution in [2.24, 2.45) is 0 Å². The molecule has 4 aromatic rings. The number of aromatic nitrogens is 2. The molecule has 0 radical (unpaired) electrons. The number of pyridine rings is 2. The van der Waals surface area contributed by atoms with E-state index in [1.54, 1.807) is 53.1 Å². The lowest BCUT2D eigenvalue weighted by Gasteiger charge is -2.38. The minimum Gasteiger partial charge on any atom is -0.308 e. The standard InChI is InChI=1S/C19H25BrClN3O2S.C15H16BrClN2O2S/c1-19(8-4-5-9-19)24(11-10-23(2)3)27(25,26)14-6-7-15-16(12-14)18(21)22-13-17(15)20;1-15(6-2-3-7-15)19-22(20,21)10-4-5-11-12(8-10)14(17)18-9-13(11)16/h6-7,12-13H,4-5,8-11H2,1-3H3;4-5,8-9,19H,2-3,6-7H2,1H3. The second-order valence-electron chi connectivity index (χ2n) is 13.7. The maximum atomic E-state index is 13.6. The van der Waals surface area contributed by atoms with E-state index in [2.05, 4.69) is 53.5 Å². The third-order valence-corrected chi connectivity index (χ3v) is 15.1. The van der Waals surface area contributed by atoms with Gasteiger partial charge in [-0.25, -0.2) is 31.5 Å². The quantitative estimate of drug-likeness (QED) is 0.167. The molecule has 0 atom stereocenters. The van der Waals surface area contributed by atoms with Gasteiger partial charge in [-0.15, -0.1) is 0 Å². The van der Waals surface area contributed by atoms with Gasteiger partial charge < -0.3 is 4.90 Å². The predicted molar refractivity (Wildman–Crippen MR) is 205 cm³/mol. The molecule has 2 saturated carbocycles. The minimum atomic E-state index is -3.65. The number of hydrogen-bond donors (Lipinski definition) is 1. The van der Waals surface area contributed by atoms with Crippen LogP contribution in [-0.2, 0) is 20.0 Å². The Bertz CT molecular complexity index is 2070. The topological polar surface area (TPSA) is 113 Å². The van der Waals surface area contributed by atoms with Crippen molar-refractivity contribution >= 4 is 96.7 Å². The van der Waals surface area contributed by atoms with Crippen LogP contribution < -0.4 is 4.72 Å². The van der Waals surface area contributed by atoms with Gasteiger partial charge in [-0.3, -0.25) is 0 Å². The lowest BCUT2D eigenvalue weighted by Crippen LogP contribution is -2.50. The van der Waals surface area contributed by atoms with Crippen LogP contribution in [0.4, 0.5) is 0 Å². The second kappa shape index (κ2) is 15.3. The van der Waals surface area contributed by atoms with Crippen LogP contribution in [0.3, 0.4) is 0 Å². The van der Waals surface area contributed by atoms with Gasteiger partial charge in [0.25, 0.3) is 0 Å². The van der Waals surface area contributed by atoms with Gasteiger partial charge in [-0.05, 0) is 110 Å². The molecule has 0 unspecified atom stereocenters. The van der Waals surface area contributed by atoms with Crippen LogP contribution in [0.2, 0.25) is 10.3 Å². The van der Waals surface area contributed by atoms with Gasteiger partial charge in [0.05, 0.1) is 9.79 Å². The number of sulfonamides is 2. The molecule has 15 heteroatoms. The lowest BCUT2D eigenvalue weighted by molar-refractivity contribution is 0.195. The summed E-state index contributed by atoms with van der Waals surface area (Å²) in [6, 6.07) is 10.0. The molecule has 0 spiro atoms. The summed E-state index contributed by atoms with van der Waals surface area (Å²) in [5.41, 5.74) is -0.698. The van der Waals surface area contributed by atoms with Crippen molar-refractivity contribution in [3.63, 3.8) is 0 Å². The molecule has 6 rings (SSSR count). The number of benzene rings is 2. The summed E-state index contributed by atoms with van der Waals surface area (Å²) >= 11 is 19.2. The Morgan fingerprint density at radius 3 is 1.71 bits per heavy atom. The summed E-state index contributed by atoms with van der Waals surface area (Å²) in [6.07, 6.45) is 11.0. The number of halogens is 4. The molecular formula is C34H41Br2Cl2N5O4S2. The van der Waals surface area contributed by atoms with Gasteiger partial charge in [0.15, 0.2) is 0 Å². The third-order valence-electron chi connectivity index (χ3n) is 9.54. The fraction of sp³-hybridized carbons (Fsp3) is 0.471. The predicted octanol–water partition coefficient (Wildman–Crippen LogP) is 8.80. The van der Waals surface area contributed by atoms with E-state index in [0.29, 0.717) is 34.2 Å². The van der Waals surface area contributed by atoms with Crippen molar-refractivity contribution in [3.05, 3.63) is 68.0 Å². The summed E-state index contributed by atoms with van der Waals surface area (Å²) in [4.78, 5) is 10.7. The van der Waals surface area contributed by atoms with Crippen molar-refractivity contribution in [3.8, 4) is 0 Å². The van der Waals surface area contributed by atoms with Crippen LogP contribution in [0.15, 0.2) is 67.5 Å². The molecule has 2 aliphatic carbocycles. The van der Waals surface area contributed by atoms with Crippen LogP contribution in [0.25, 0.3) is 21.5 Å². The Kier molecular flexibility index (Phi) is 12.1. The van der Waals surface area contributed by atoms with E-state index >= 15 is 0 Å². The second-order valence-corrected chi connectivity index (χ2v) is 19.6. The van der Waals surface area contributed by atoms with Gasteiger partial charge in [0.2, 0.25) is 20.0 Å². The summed E-state index contributed by atoms with van der Waals surface area (Å²) < 4.78 is 58.6. The molecule has 2 aromatic heterocycles. The van der Waals surface area contributed by atoms with E-state index in [1.807, 2.05) is 25.9 Å². The Labute approximate surface area is 316 Å². The molecule has 0 bridgehead atoms. The maximum Gasteiger partial charge on any atom is 0.243 e. The Morgan fingerprint density at radius 2 is 1.20 bits per heavy atom. The molecule has 0 amide bonds. The fourth-order valence-electron chi connectivity index (χ4n) is 6.76. The number of likely N-dealkylation sites (N-methyl/N-ethyl adjacent to an activating group) is 1. The van der Waals surface area contributed by atoms with Crippen molar-refractivity contribution < 1.29 is 16.8 Å². The zero-order valence-corrected chi connectivity index (χ0v) is 34.3. The summed E-state index contributed by atoms with van der Waals surface area (Å²) in [7, 11) is -3.31. The SMILES string of the molecule is CC1(NS(=O)(=O)c2ccc3c(Br)cnc(Cl)c3c2)CCCC1.CN(C)CCN(C1(C)CCCC1)S(=O)(=O)c1ccc2c(Br)cnc(Cl)c2c1. The normalized spacial score (nSPS) is 17.6. The van der Waals surface area contributed by atoms with E-state index in [0.717, 1.165) is 71.1 Å². The first-order chi connectivity index (χ1) is 23.0. The largest absolute Gasteiger partial charge is 0.308 e. The highest BCUT2D eigenvalue weighted by Crippen LogP contribution is 2.39. The summed E-state index contributed by atoms with van der Waals surface area (Å²) in [5, 5.41) is 3.54. The molecule has 1 N–H and O–H groups in total. The van der Waals surface area contributed by atoms with Gasteiger partial charge >= 0.3 is 0 Å². The van der Waals surface area contributed by atoms with Crippen LogP contribution in [0.5, 0.6) is 0 Å². The Morgan fingerprint density at radius 1 is 0.735 bits per heavy atom. The van der Waals surface area contributed by atoms with E-state index < -0.39 is 20.0 Å². The van der Waals surface area contributed by atoms with Crippen LogP contribution in [-0.4, -0.2) is 74.3 Å². The molecule has 0 aliphatic heterocycles. The minimum absolute atomic E-state index is 0.218. The molecule has 2 heterocycles. The summed E-state index contributed by atoms with van der Waals surface area (Å²) in [6.45, 7) is 5.17. The molecule has 2 aliphatic rings. The maximum absolute atomic E-state index is 13.6. The average molecular weight is 879 g/mol. The molecule has 2 fully saturated rings. The number of rotatable bonds is 9. The van der Waals surface area contributed by atoms with E-state index in [4.69, 9.17) is 23.2 Å². The summed E-state index contributed by atoms with van der Waals surface area (Å²) in [5.74, 6) is 0. The van der Waals surface area contributed by atoms with Crippen LogP contribution in [0.1, 0.15) is 65.2 Å². The number of nitrogens with zero attached hydrogens (tertiary/aromatic N) is 4. The molecule has 9 nitrogen and oxygen atoms in total. The first-order valence-corrected chi connectivity index (χ1v) is 21.4. The number of fused-ring (bicyclic) bond motifs is 2. The fourth-order valence-corrected chi connectivity index (χ4v) is 11.4. The van der Waals surface area contributed by atoms with Crippen LogP contribution >= 0.6 is 55.1 Å². The average Bonchev–Trinajstić information content (AvgIpc) is 3.68. The van der Waals surface area contributed by atoms with Crippen molar-refractivity contribution in [1.82, 2.24) is 23.9 Å². The molecule has 2 aromatic carbocycles. The first kappa shape index (κ1) is 38.8. The highest BCUT2D eigenvalue weighted by Gasteiger charge is 2.42. The van der Waals surface area contributed by atoms with Gasteiger partial charge in [0, 0.05) is 67.1 Å². The molecule has 49 heavy (non-hydrogen) atoms. The lowest BCUT2D eigenvalue weighted by atomic mass is 10.0. The molecule has 0 saturated heterocycles.